The van der Waals surface area contributed by atoms with Crippen molar-refractivity contribution >= 4 is 5.91 Å². The molecule has 1 amide bonds. The highest BCUT2D eigenvalue weighted by molar-refractivity contribution is 5.78. The maximum Gasteiger partial charge on any atom is 0.223 e. The number of nitrogens with zero attached hydrogens (tertiary/aromatic N) is 1. The third-order valence-electron chi connectivity index (χ3n) is 3.00. The van der Waals surface area contributed by atoms with E-state index in [0.717, 1.165) is 38.8 Å². The minimum Gasteiger partial charge on any atom is -0.355 e. The van der Waals surface area contributed by atoms with E-state index >= 15 is 0 Å². The van der Waals surface area contributed by atoms with Gasteiger partial charge in [0.1, 0.15) is 0 Å². The molecule has 0 bridgehead atoms. The first-order valence-corrected chi connectivity index (χ1v) is 5.77. The minimum atomic E-state index is 0.201. The van der Waals surface area contributed by atoms with Gasteiger partial charge >= 0.3 is 0 Å². The van der Waals surface area contributed by atoms with Crippen LogP contribution in [0.15, 0.2) is 0 Å². The average molecular weight is 213 g/mol. The van der Waals surface area contributed by atoms with Crippen LogP contribution in [-0.2, 0) is 4.79 Å². The van der Waals surface area contributed by atoms with Crippen LogP contribution in [0, 0.1) is 5.92 Å². The number of likely N-dealkylation sites (N-methyl/N-ethyl adjacent to an activating group) is 1. The summed E-state index contributed by atoms with van der Waals surface area (Å²) >= 11 is 0. The Hall–Kier alpha value is -0.610. The van der Waals surface area contributed by atoms with Gasteiger partial charge in [0.05, 0.1) is 0 Å². The van der Waals surface area contributed by atoms with Gasteiger partial charge in [0.15, 0.2) is 0 Å². The van der Waals surface area contributed by atoms with Crippen LogP contribution >= 0.6 is 0 Å². The fourth-order valence-electron chi connectivity index (χ4n) is 1.93. The molecule has 1 fully saturated rings. The molecule has 0 unspecified atom stereocenters. The van der Waals surface area contributed by atoms with Gasteiger partial charge in [-0.05, 0) is 39.8 Å². The first-order valence-electron chi connectivity index (χ1n) is 5.77. The fraction of sp³-hybridized carbons (Fsp3) is 0.909. The van der Waals surface area contributed by atoms with Crippen molar-refractivity contribution in [1.29, 1.82) is 0 Å². The van der Waals surface area contributed by atoms with Gasteiger partial charge in [-0.2, -0.15) is 0 Å². The lowest BCUT2D eigenvalue weighted by Crippen LogP contribution is -2.38. The number of carbonyl (C=O) groups excluding carboxylic acids is 1. The van der Waals surface area contributed by atoms with Crippen molar-refractivity contribution in [3.05, 3.63) is 0 Å². The van der Waals surface area contributed by atoms with Crippen molar-refractivity contribution in [3.8, 4) is 0 Å². The van der Waals surface area contributed by atoms with Gasteiger partial charge in [-0.1, -0.05) is 0 Å². The molecule has 4 nitrogen and oxygen atoms in total. The molecule has 0 aliphatic heterocycles. The first-order chi connectivity index (χ1) is 7.09. The topological polar surface area (TPSA) is 58.4 Å². The van der Waals surface area contributed by atoms with E-state index in [4.69, 9.17) is 5.73 Å². The standard InChI is InChI=1S/C11H23N3O/c1-14(2)8-7-13-11(15)9-3-5-10(12)6-4-9/h9-10H,3-8,12H2,1-2H3,(H,13,15)/t9-,10+. The third-order valence-corrected chi connectivity index (χ3v) is 3.00. The molecule has 88 valence electrons. The lowest BCUT2D eigenvalue weighted by atomic mass is 9.86. The molecule has 0 aromatic carbocycles. The number of hydrogen-bond donors (Lipinski definition) is 2. The molecule has 4 heteroatoms. The van der Waals surface area contributed by atoms with Crippen molar-refractivity contribution < 1.29 is 4.79 Å². The number of amides is 1. The second-order valence-electron chi connectivity index (χ2n) is 4.71. The van der Waals surface area contributed by atoms with E-state index in [9.17, 15) is 4.79 Å². The Labute approximate surface area is 92.2 Å². The second-order valence-corrected chi connectivity index (χ2v) is 4.71. The molecule has 1 rings (SSSR count). The second kappa shape index (κ2) is 6.08. The van der Waals surface area contributed by atoms with Gasteiger partial charge in [0.2, 0.25) is 5.91 Å². The number of nitrogens with one attached hydrogen (secondary N) is 1. The number of hydrogen-bond acceptors (Lipinski definition) is 3. The van der Waals surface area contributed by atoms with E-state index in [2.05, 4.69) is 10.2 Å². The van der Waals surface area contributed by atoms with Gasteiger partial charge in [-0.25, -0.2) is 0 Å². The van der Waals surface area contributed by atoms with Gasteiger partial charge in [0, 0.05) is 25.0 Å². The molecule has 0 heterocycles. The van der Waals surface area contributed by atoms with Crippen molar-refractivity contribution in [3.63, 3.8) is 0 Å². The normalized spacial score (nSPS) is 26.7. The van der Waals surface area contributed by atoms with Crippen LogP contribution in [0.1, 0.15) is 25.7 Å². The van der Waals surface area contributed by atoms with E-state index in [1.54, 1.807) is 0 Å². The molecule has 0 saturated heterocycles. The van der Waals surface area contributed by atoms with Crippen molar-refractivity contribution in [2.75, 3.05) is 27.2 Å². The van der Waals surface area contributed by atoms with Crippen LogP contribution in [0.2, 0.25) is 0 Å². The predicted molar refractivity (Wildman–Crippen MR) is 61.5 cm³/mol. The monoisotopic (exact) mass is 213 g/mol. The summed E-state index contributed by atoms with van der Waals surface area (Å²) in [6.07, 6.45) is 3.89. The molecule has 15 heavy (non-hydrogen) atoms. The largest absolute Gasteiger partial charge is 0.355 e. The maximum absolute atomic E-state index is 11.7. The zero-order valence-electron chi connectivity index (χ0n) is 9.83. The lowest BCUT2D eigenvalue weighted by Gasteiger charge is -2.25. The highest BCUT2D eigenvalue weighted by Crippen LogP contribution is 2.22. The van der Waals surface area contributed by atoms with E-state index in [0.29, 0.717) is 6.04 Å². The highest BCUT2D eigenvalue weighted by Gasteiger charge is 2.23. The molecule has 1 saturated carbocycles. The number of rotatable bonds is 4. The van der Waals surface area contributed by atoms with Crippen LogP contribution < -0.4 is 11.1 Å². The summed E-state index contributed by atoms with van der Waals surface area (Å²) in [6, 6.07) is 0.316. The van der Waals surface area contributed by atoms with E-state index in [1.807, 2.05) is 14.1 Å². The maximum atomic E-state index is 11.7. The lowest BCUT2D eigenvalue weighted by molar-refractivity contribution is -0.126. The van der Waals surface area contributed by atoms with Gasteiger partial charge < -0.3 is 16.0 Å². The first kappa shape index (κ1) is 12.5. The summed E-state index contributed by atoms with van der Waals surface area (Å²) in [4.78, 5) is 13.8. The van der Waals surface area contributed by atoms with Crippen LogP contribution in [-0.4, -0.2) is 44.0 Å². The Balaban J connectivity index is 2.17. The zero-order chi connectivity index (χ0) is 11.3. The summed E-state index contributed by atoms with van der Waals surface area (Å²) in [5, 5.41) is 2.98. The smallest absolute Gasteiger partial charge is 0.223 e. The molecule has 3 N–H and O–H groups in total. The molecule has 1 aliphatic carbocycles. The van der Waals surface area contributed by atoms with Crippen LogP contribution in [0.4, 0.5) is 0 Å². The Morgan fingerprint density at radius 1 is 1.33 bits per heavy atom. The van der Waals surface area contributed by atoms with E-state index in [-0.39, 0.29) is 11.8 Å². The molecule has 0 radical (unpaired) electrons. The Morgan fingerprint density at radius 3 is 2.47 bits per heavy atom. The van der Waals surface area contributed by atoms with Crippen LogP contribution in [0.3, 0.4) is 0 Å². The molecular formula is C11H23N3O. The summed E-state index contributed by atoms with van der Waals surface area (Å²) in [7, 11) is 4.01. The average Bonchev–Trinajstić information content (AvgIpc) is 2.18. The number of carbonyl (C=O) groups is 1. The van der Waals surface area contributed by atoms with E-state index in [1.165, 1.54) is 0 Å². The van der Waals surface area contributed by atoms with Crippen LogP contribution in [0.25, 0.3) is 0 Å². The van der Waals surface area contributed by atoms with E-state index < -0.39 is 0 Å². The Bertz CT molecular complexity index is 198. The summed E-state index contributed by atoms with van der Waals surface area (Å²) in [5.41, 5.74) is 5.80. The predicted octanol–water partition coefficient (Wildman–Crippen LogP) is 0.182. The molecule has 0 spiro atoms. The van der Waals surface area contributed by atoms with Gasteiger partial charge in [-0.3, -0.25) is 4.79 Å². The van der Waals surface area contributed by atoms with Crippen molar-refractivity contribution in [2.24, 2.45) is 11.7 Å². The highest BCUT2D eigenvalue weighted by atomic mass is 16.1. The van der Waals surface area contributed by atoms with Crippen molar-refractivity contribution in [1.82, 2.24) is 10.2 Å². The Kier molecular flexibility index (Phi) is 5.05. The quantitative estimate of drug-likeness (QED) is 0.700. The Morgan fingerprint density at radius 2 is 1.93 bits per heavy atom. The SMILES string of the molecule is CN(C)CCNC(=O)[C@H]1CC[C@@H](N)CC1. The summed E-state index contributed by atoms with van der Waals surface area (Å²) < 4.78 is 0. The van der Waals surface area contributed by atoms with Crippen LogP contribution in [0.5, 0.6) is 0 Å². The summed E-state index contributed by atoms with van der Waals surface area (Å²) in [5.74, 6) is 0.413. The molecule has 1 aliphatic rings. The molecular weight excluding hydrogens is 190 g/mol. The molecule has 0 atom stereocenters. The van der Waals surface area contributed by atoms with Gasteiger partial charge in [-0.15, -0.1) is 0 Å². The third kappa shape index (κ3) is 4.62. The minimum absolute atomic E-state index is 0.201. The summed E-state index contributed by atoms with van der Waals surface area (Å²) in [6.45, 7) is 1.65. The van der Waals surface area contributed by atoms with Crippen molar-refractivity contribution in [2.45, 2.75) is 31.7 Å². The molecule has 0 aromatic heterocycles. The molecule has 0 aromatic rings. The number of nitrogens with two attached hydrogens (primary N) is 1. The zero-order valence-corrected chi connectivity index (χ0v) is 9.83. The van der Waals surface area contributed by atoms with Gasteiger partial charge in [0.25, 0.3) is 0 Å². The fourth-order valence-corrected chi connectivity index (χ4v) is 1.93.